The normalized spacial score (nSPS) is 12.8. The van der Waals surface area contributed by atoms with Gasteiger partial charge >= 0.3 is 0 Å². The Labute approximate surface area is 147 Å². The number of carbonyl (C=O) groups is 2. The zero-order valence-corrected chi connectivity index (χ0v) is 14.8. The van der Waals surface area contributed by atoms with Crippen LogP contribution < -0.4 is 15.0 Å². The molecule has 0 saturated carbocycles. The third-order valence-electron chi connectivity index (χ3n) is 4.25. The molecule has 2 aromatic carbocycles. The Bertz CT molecular complexity index is 830. The van der Waals surface area contributed by atoms with Crippen LogP contribution in [-0.2, 0) is 4.79 Å². The summed E-state index contributed by atoms with van der Waals surface area (Å²) in [6.45, 7) is 4.02. The summed E-state index contributed by atoms with van der Waals surface area (Å²) in [7, 11) is 1.73. The Balaban J connectivity index is 1.92. The van der Waals surface area contributed by atoms with Gasteiger partial charge in [-0.25, -0.2) is 0 Å². The number of hydrogen-bond acceptors (Lipinski definition) is 3. The number of nitrogens with zero attached hydrogens (tertiary/aromatic N) is 1. The van der Waals surface area contributed by atoms with Crippen LogP contribution in [0.1, 0.15) is 42.1 Å². The van der Waals surface area contributed by atoms with Crippen molar-refractivity contribution < 1.29 is 14.3 Å². The van der Waals surface area contributed by atoms with Crippen molar-refractivity contribution in [1.29, 1.82) is 0 Å². The summed E-state index contributed by atoms with van der Waals surface area (Å²) in [5, 5.41) is 2.85. The lowest BCUT2D eigenvalue weighted by Gasteiger charge is -2.16. The van der Waals surface area contributed by atoms with Crippen molar-refractivity contribution in [2.75, 3.05) is 17.3 Å². The Morgan fingerprint density at radius 3 is 2.68 bits per heavy atom. The van der Waals surface area contributed by atoms with Crippen molar-refractivity contribution in [3.8, 4) is 11.5 Å². The van der Waals surface area contributed by atoms with Crippen LogP contribution in [0.3, 0.4) is 0 Å². The molecule has 3 rings (SSSR count). The molecule has 5 heteroatoms. The van der Waals surface area contributed by atoms with Gasteiger partial charge in [0.1, 0.15) is 5.75 Å². The molecule has 1 N–H and O–H groups in total. The van der Waals surface area contributed by atoms with Crippen LogP contribution in [0, 0.1) is 6.92 Å². The molecule has 0 spiro atoms. The first kappa shape index (κ1) is 17.0. The lowest BCUT2D eigenvalue weighted by Crippen LogP contribution is -2.25. The molecule has 130 valence electrons. The minimum atomic E-state index is -0.163. The maximum atomic E-state index is 12.9. The predicted octanol–water partition coefficient (Wildman–Crippen LogP) is 4.51. The Kier molecular flexibility index (Phi) is 4.74. The molecule has 2 amide bonds. The van der Waals surface area contributed by atoms with Gasteiger partial charge in [0.05, 0.1) is 11.3 Å². The van der Waals surface area contributed by atoms with Gasteiger partial charge in [0.2, 0.25) is 5.91 Å². The molecule has 0 saturated heterocycles. The van der Waals surface area contributed by atoms with Gasteiger partial charge in [-0.1, -0.05) is 19.4 Å². The first-order valence-electron chi connectivity index (χ1n) is 8.50. The summed E-state index contributed by atoms with van der Waals surface area (Å²) in [5.41, 5.74) is 2.82. The van der Waals surface area contributed by atoms with Gasteiger partial charge in [-0.15, -0.1) is 0 Å². The van der Waals surface area contributed by atoms with E-state index < -0.39 is 0 Å². The number of aryl methyl sites for hydroxylation is 1. The van der Waals surface area contributed by atoms with Crippen LogP contribution in [0.5, 0.6) is 11.5 Å². The van der Waals surface area contributed by atoms with Gasteiger partial charge in [0.15, 0.2) is 5.75 Å². The van der Waals surface area contributed by atoms with Crippen LogP contribution >= 0.6 is 0 Å². The standard InChI is InChI=1S/C20H22N2O3/c1-4-5-6-19(23)21-14-8-10-17-15(12-14)20(24)22(3)16-11-13(2)7-9-18(16)25-17/h7-12H,4-6H2,1-3H3,(H,21,23). The van der Waals surface area contributed by atoms with E-state index in [9.17, 15) is 9.59 Å². The molecular weight excluding hydrogens is 316 g/mol. The number of unbranched alkanes of at least 4 members (excludes halogenated alkanes) is 1. The second-order valence-electron chi connectivity index (χ2n) is 6.30. The second-order valence-corrected chi connectivity index (χ2v) is 6.30. The largest absolute Gasteiger partial charge is 0.454 e. The number of hydrogen-bond donors (Lipinski definition) is 1. The van der Waals surface area contributed by atoms with E-state index in [1.54, 1.807) is 30.1 Å². The molecular formula is C20H22N2O3. The molecule has 0 unspecified atom stereocenters. The van der Waals surface area contributed by atoms with Gasteiger partial charge in [-0.2, -0.15) is 0 Å². The van der Waals surface area contributed by atoms with Crippen molar-refractivity contribution in [1.82, 2.24) is 0 Å². The number of carbonyl (C=O) groups excluding carboxylic acids is 2. The Morgan fingerprint density at radius 1 is 1.16 bits per heavy atom. The van der Waals surface area contributed by atoms with Gasteiger partial charge in [0.25, 0.3) is 5.91 Å². The SMILES string of the molecule is CCCCC(=O)Nc1ccc2c(c1)C(=O)N(C)c1cc(C)ccc1O2. The van der Waals surface area contributed by atoms with Gasteiger partial charge in [-0.05, 0) is 49.2 Å². The van der Waals surface area contributed by atoms with Crippen molar-refractivity contribution in [3.05, 3.63) is 47.5 Å². The Hall–Kier alpha value is -2.82. The van der Waals surface area contributed by atoms with Gasteiger partial charge in [-0.3, -0.25) is 9.59 Å². The number of nitrogens with one attached hydrogen (secondary N) is 1. The molecule has 0 radical (unpaired) electrons. The summed E-state index contributed by atoms with van der Waals surface area (Å²) in [4.78, 5) is 26.4. The molecule has 0 bridgehead atoms. The highest BCUT2D eigenvalue weighted by Crippen LogP contribution is 2.39. The van der Waals surface area contributed by atoms with Gasteiger partial charge < -0.3 is 15.0 Å². The van der Waals surface area contributed by atoms with Crippen LogP contribution in [-0.4, -0.2) is 18.9 Å². The zero-order valence-electron chi connectivity index (χ0n) is 14.8. The topological polar surface area (TPSA) is 58.6 Å². The maximum Gasteiger partial charge on any atom is 0.261 e. The third kappa shape index (κ3) is 3.50. The molecule has 1 aliphatic heterocycles. The van der Waals surface area contributed by atoms with E-state index in [0.29, 0.717) is 29.2 Å². The molecule has 25 heavy (non-hydrogen) atoms. The van der Waals surface area contributed by atoms with E-state index in [2.05, 4.69) is 5.32 Å². The average molecular weight is 338 g/mol. The molecule has 1 heterocycles. The number of benzene rings is 2. The highest BCUT2D eigenvalue weighted by Gasteiger charge is 2.26. The Morgan fingerprint density at radius 2 is 1.92 bits per heavy atom. The lowest BCUT2D eigenvalue weighted by atomic mass is 10.1. The van der Waals surface area contributed by atoms with Crippen LogP contribution in [0.15, 0.2) is 36.4 Å². The molecule has 2 aromatic rings. The van der Waals surface area contributed by atoms with Crippen molar-refractivity contribution in [2.24, 2.45) is 0 Å². The third-order valence-corrected chi connectivity index (χ3v) is 4.25. The van der Waals surface area contributed by atoms with Crippen molar-refractivity contribution in [2.45, 2.75) is 33.1 Å². The van der Waals surface area contributed by atoms with Crippen molar-refractivity contribution >= 4 is 23.2 Å². The first-order chi connectivity index (χ1) is 12.0. The summed E-state index contributed by atoms with van der Waals surface area (Å²) >= 11 is 0. The van der Waals surface area contributed by atoms with E-state index in [4.69, 9.17) is 4.74 Å². The van der Waals surface area contributed by atoms with Crippen molar-refractivity contribution in [3.63, 3.8) is 0 Å². The predicted molar refractivity (Wildman–Crippen MR) is 98.6 cm³/mol. The highest BCUT2D eigenvalue weighted by molar-refractivity contribution is 6.10. The summed E-state index contributed by atoms with van der Waals surface area (Å²) in [6.07, 6.45) is 2.28. The molecule has 0 fully saturated rings. The number of fused-ring (bicyclic) bond motifs is 2. The fourth-order valence-electron chi connectivity index (χ4n) is 2.81. The number of amides is 2. The minimum absolute atomic E-state index is 0.0453. The summed E-state index contributed by atoms with van der Waals surface area (Å²) < 4.78 is 5.95. The monoisotopic (exact) mass is 338 g/mol. The number of rotatable bonds is 4. The number of ether oxygens (including phenoxy) is 1. The molecule has 0 aromatic heterocycles. The van der Waals surface area contributed by atoms with E-state index in [1.807, 2.05) is 32.0 Å². The smallest absolute Gasteiger partial charge is 0.261 e. The fraction of sp³-hybridized carbons (Fsp3) is 0.300. The molecule has 1 aliphatic rings. The highest BCUT2D eigenvalue weighted by atomic mass is 16.5. The lowest BCUT2D eigenvalue weighted by molar-refractivity contribution is -0.116. The summed E-state index contributed by atoms with van der Waals surface area (Å²) in [5.74, 6) is 0.922. The van der Waals surface area contributed by atoms with Gasteiger partial charge in [0, 0.05) is 19.2 Å². The average Bonchev–Trinajstić information content (AvgIpc) is 2.70. The number of anilines is 2. The van der Waals surface area contributed by atoms with E-state index in [-0.39, 0.29) is 11.8 Å². The maximum absolute atomic E-state index is 12.9. The van der Waals surface area contributed by atoms with Crippen LogP contribution in [0.4, 0.5) is 11.4 Å². The molecule has 0 atom stereocenters. The zero-order chi connectivity index (χ0) is 18.0. The van der Waals surface area contributed by atoms with E-state index in [1.165, 1.54) is 0 Å². The van der Waals surface area contributed by atoms with Crippen LogP contribution in [0.25, 0.3) is 0 Å². The van der Waals surface area contributed by atoms with E-state index in [0.717, 1.165) is 24.1 Å². The quantitative estimate of drug-likeness (QED) is 0.892. The van der Waals surface area contributed by atoms with Crippen LogP contribution in [0.2, 0.25) is 0 Å². The molecule has 5 nitrogen and oxygen atoms in total. The second kappa shape index (κ2) is 6.97. The minimum Gasteiger partial charge on any atom is -0.454 e. The molecule has 0 aliphatic carbocycles. The fourth-order valence-corrected chi connectivity index (χ4v) is 2.81. The summed E-state index contributed by atoms with van der Waals surface area (Å²) in [6, 6.07) is 10.9. The van der Waals surface area contributed by atoms with E-state index >= 15 is 0 Å². The first-order valence-corrected chi connectivity index (χ1v) is 8.50.